The van der Waals surface area contributed by atoms with Crippen molar-refractivity contribution in [3.63, 3.8) is 0 Å². The summed E-state index contributed by atoms with van der Waals surface area (Å²) < 4.78 is 18.4. The normalized spacial score (nSPS) is 10.3. The standard InChI is InChI=1S/C11H9FN2O4/c1-18-10-5(2-3-8(15)9(10)12)6-4-7(11(16)17)14-13-6/h2-4,15H,1H3,(H,13,14)(H,16,17). The molecule has 1 aromatic carbocycles. The first-order chi connectivity index (χ1) is 8.54. The van der Waals surface area contributed by atoms with Crippen LogP contribution in [0.15, 0.2) is 18.2 Å². The molecule has 0 atom stereocenters. The van der Waals surface area contributed by atoms with Gasteiger partial charge >= 0.3 is 5.97 Å². The maximum absolute atomic E-state index is 13.6. The van der Waals surface area contributed by atoms with Crippen LogP contribution in [0.5, 0.6) is 11.5 Å². The number of aromatic hydroxyl groups is 1. The van der Waals surface area contributed by atoms with Gasteiger partial charge in [0.25, 0.3) is 0 Å². The second-order valence-electron chi connectivity index (χ2n) is 3.45. The van der Waals surface area contributed by atoms with Crippen LogP contribution in [-0.2, 0) is 0 Å². The van der Waals surface area contributed by atoms with Gasteiger partial charge in [0.2, 0.25) is 5.82 Å². The molecule has 0 saturated heterocycles. The third kappa shape index (κ3) is 1.86. The van der Waals surface area contributed by atoms with Gasteiger partial charge in [-0.3, -0.25) is 5.10 Å². The summed E-state index contributed by atoms with van der Waals surface area (Å²) in [5, 5.41) is 24.0. The fourth-order valence-corrected chi connectivity index (χ4v) is 1.52. The van der Waals surface area contributed by atoms with Crippen molar-refractivity contribution in [2.75, 3.05) is 7.11 Å². The molecule has 3 N–H and O–H groups in total. The summed E-state index contributed by atoms with van der Waals surface area (Å²) in [6, 6.07) is 3.78. The number of aromatic carboxylic acids is 1. The van der Waals surface area contributed by atoms with E-state index >= 15 is 0 Å². The van der Waals surface area contributed by atoms with Crippen molar-refractivity contribution in [2.45, 2.75) is 0 Å². The number of methoxy groups -OCH3 is 1. The number of carboxylic acids is 1. The number of H-pyrrole nitrogens is 1. The van der Waals surface area contributed by atoms with Gasteiger partial charge in [0, 0.05) is 5.56 Å². The van der Waals surface area contributed by atoms with E-state index in [2.05, 4.69) is 10.2 Å². The maximum Gasteiger partial charge on any atom is 0.353 e. The lowest BCUT2D eigenvalue weighted by Crippen LogP contribution is -1.95. The highest BCUT2D eigenvalue weighted by molar-refractivity contribution is 5.87. The topological polar surface area (TPSA) is 95.4 Å². The summed E-state index contributed by atoms with van der Waals surface area (Å²) in [5.74, 6) is -2.84. The Morgan fingerprint density at radius 3 is 2.78 bits per heavy atom. The smallest absolute Gasteiger partial charge is 0.353 e. The Bertz CT molecular complexity index is 609. The minimum Gasteiger partial charge on any atom is -0.505 e. The molecule has 94 valence electrons. The molecule has 0 spiro atoms. The number of phenols is 1. The Morgan fingerprint density at radius 2 is 2.22 bits per heavy atom. The predicted octanol–water partition coefficient (Wildman–Crippen LogP) is 1.63. The molecule has 1 aromatic heterocycles. The van der Waals surface area contributed by atoms with E-state index in [1.807, 2.05) is 0 Å². The second kappa shape index (κ2) is 4.36. The van der Waals surface area contributed by atoms with Gasteiger partial charge in [0.05, 0.1) is 12.8 Å². The van der Waals surface area contributed by atoms with E-state index in [0.717, 1.165) is 6.07 Å². The molecule has 7 heteroatoms. The van der Waals surface area contributed by atoms with Crippen LogP contribution < -0.4 is 4.74 Å². The quantitative estimate of drug-likeness (QED) is 0.771. The van der Waals surface area contributed by atoms with Crippen LogP contribution in [0.1, 0.15) is 10.5 Å². The largest absolute Gasteiger partial charge is 0.505 e. The lowest BCUT2D eigenvalue weighted by Gasteiger charge is -2.08. The highest BCUT2D eigenvalue weighted by Crippen LogP contribution is 2.35. The van der Waals surface area contributed by atoms with Gasteiger partial charge in [0.15, 0.2) is 11.5 Å². The molecular formula is C11H9FN2O4. The van der Waals surface area contributed by atoms with E-state index in [9.17, 15) is 14.3 Å². The first-order valence-corrected chi connectivity index (χ1v) is 4.89. The number of nitrogens with one attached hydrogen (secondary N) is 1. The summed E-state index contributed by atoms with van der Waals surface area (Å²) in [5.41, 5.74) is 0.334. The number of carbonyl (C=O) groups is 1. The summed E-state index contributed by atoms with van der Waals surface area (Å²) >= 11 is 0. The molecule has 1 heterocycles. The molecule has 6 nitrogen and oxygen atoms in total. The molecule has 18 heavy (non-hydrogen) atoms. The number of hydrogen-bond donors (Lipinski definition) is 3. The van der Waals surface area contributed by atoms with E-state index in [-0.39, 0.29) is 22.7 Å². The van der Waals surface area contributed by atoms with Crippen LogP contribution in [0.25, 0.3) is 11.3 Å². The second-order valence-corrected chi connectivity index (χ2v) is 3.45. The summed E-state index contributed by atoms with van der Waals surface area (Å²) in [6.07, 6.45) is 0. The Hall–Kier alpha value is -2.57. The number of carboxylic acid groups (broad SMARTS) is 1. The minimum atomic E-state index is -1.17. The molecule has 0 unspecified atom stereocenters. The number of aromatic nitrogens is 2. The first-order valence-electron chi connectivity index (χ1n) is 4.89. The summed E-state index contributed by atoms with van der Waals surface area (Å²) in [4.78, 5) is 10.7. The van der Waals surface area contributed by atoms with Crippen LogP contribution in [0, 0.1) is 5.82 Å². The van der Waals surface area contributed by atoms with E-state index < -0.39 is 17.5 Å². The molecule has 2 aromatic rings. The minimum absolute atomic E-state index is 0.125. The zero-order chi connectivity index (χ0) is 13.3. The summed E-state index contributed by atoms with van der Waals surface area (Å²) in [6.45, 7) is 0. The molecule has 0 bridgehead atoms. The van der Waals surface area contributed by atoms with E-state index in [1.165, 1.54) is 19.2 Å². The molecule has 0 fully saturated rings. The zero-order valence-electron chi connectivity index (χ0n) is 9.27. The number of benzene rings is 1. The van der Waals surface area contributed by atoms with Crippen LogP contribution in [0.4, 0.5) is 4.39 Å². The molecule has 0 aliphatic rings. The Labute approximate surface area is 101 Å². The average Bonchev–Trinajstić information content (AvgIpc) is 2.82. The highest BCUT2D eigenvalue weighted by Gasteiger charge is 2.18. The van der Waals surface area contributed by atoms with Crippen molar-refractivity contribution in [1.82, 2.24) is 10.2 Å². The third-order valence-electron chi connectivity index (χ3n) is 2.37. The fourth-order valence-electron chi connectivity index (χ4n) is 1.52. The van der Waals surface area contributed by atoms with E-state index in [1.54, 1.807) is 0 Å². The number of nitrogens with zero attached hydrogens (tertiary/aromatic N) is 1. The van der Waals surface area contributed by atoms with Gasteiger partial charge in [-0.25, -0.2) is 4.79 Å². The van der Waals surface area contributed by atoms with Gasteiger partial charge in [-0.05, 0) is 18.2 Å². The Kier molecular flexibility index (Phi) is 2.88. The van der Waals surface area contributed by atoms with Gasteiger partial charge in [-0.1, -0.05) is 0 Å². The van der Waals surface area contributed by atoms with Crippen molar-refractivity contribution >= 4 is 5.97 Å². The molecule has 0 saturated carbocycles. The molecule has 0 aliphatic carbocycles. The number of phenolic OH excluding ortho intramolecular Hbond substituents is 1. The molecule has 0 amide bonds. The first kappa shape index (κ1) is 11.9. The third-order valence-corrected chi connectivity index (χ3v) is 2.37. The predicted molar refractivity (Wildman–Crippen MR) is 59.2 cm³/mol. The average molecular weight is 252 g/mol. The van der Waals surface area contributed by atoms with E-state index in [4.69, 9.17) is 9.84 Å². The maximum atomic E-state index is 13.6. The number of ether oxygens (including phenoxy) is 1. The van der Waals surface area contributed by atoms with Gasteiger partial charge in [-0.2, -0.15) is 9.49 Å². The zero-order valence-corrected chi connectivity index (χ0v) is 9.27. The van der Waals surface area contributed by atoms with Crippen molar-refractivity contribution < 1.29 is 24.1 Å². The van der Waals surface area contributed by atoms with Crippen LogP contribution in [-0.4, -0.2) is 33.5 Å². The number of aromatic amines is 1. The van der Waals surface area contributed by atoms with Crippen molar-refractivity contribution in [1.29, 1.82) is 0 Å². The highest BCUT2D eigenvalue weighted by atomic mass is 19.1. The van der Waals surface area contributed by atoms with E-state index in [0.29, 0.717) is 0 Å². The van der Waals surface area contributed by atoms with Crippen LogP contribution in [0.2, 0.25) is 0 Å². The SMILES string of the molecule is COc1c(-c2cc(C(=O)O)[nH]n2)ccc(O)c1F. The van der Waals surface area contributed by atoms with Crippen molar-refractivity contribution in [3.8, 4) is 22.8 Å². The molecule has 0 aliphatic heterocycles. The monoisotopic (exact) mass is 252 g/mol. The number of hydrogen-bond acceptors (Lipinski definition) is 4. The number of halogens is 1. The Morgan fingerprint density at radius 1 is 1.50 bits per heavy atom. The Balaban J connectivity index is 2.56. The molecular weight excluding hydrogens is 243 g/mol. The van der Waals surface area contributed by atoms with Crippen molar-refractivity contribution in [3.05, 3.63) is 29.7 Å². The summed E-state index contributed by atoms with van der Waals surface area (Å²) in [7, 11) is 1.24. The lowest BCUT2D eigenvalue weighted by atomic mass is 10.1. The van der Waals surface area contributed by atoms with Gasteiger partial charge in [0.1, 0.15) is 5.69 Å². The van der Waals surface area contributed by atoms with Gasteiger partial charge in [-0.15, -0.1) is 0 Å². The lowest BCUT2D eigenvalue weighted by molar-refractivity contribution is 0.0690. The van der Waals surface area contributed by atoms with Crippen LogP contribution >= 0.6 is 0 Å². The van der Waals surface area contributed by atoms with Gasteiger partial charge < -0.3 is 14.9 Å². The molecule has 0 radical (unpaired) electrons. The van der Waals surface area contributed by atoms with Crippen molar-refractivity contribution in [2.24, 2.45) is 0 Å². The fraction of sp³-hybridized carbons (Fsp3) is 0.0909. The molecule has 2 rings (SSSR count). The number of rotatable bonds is 3. The van der Waals surface area contributed by atoms with Crippen LogP contribution in [0.3, 0.4) is 0 Å².